The average molecular weight is 568 g/mol. The summed E-state index contributed by atoms with van der Waals surface area (Å²) in [4.78, 5) is 13.1. The van der Waals surface area contributed by atoms with E-state index in [0.717, 1.165) is 68.5 Å². The second-order valence-corrected chi connectivity index (χ2v) is 11.6. The van der Waals surface area contributed by atoms with Crippen LogP contribution in [-0.4, -0.2) is 40.5 Å². The maximum absolute atomic E-state index is 13.1. The van der Waals surface area contributed by atoms with Crippen LogP contribution >= 0.6 is 0 Å². The first-order valence-electron chi connectivity index (χ1n) is 15.6. The average Bonchev–Trinajstić information content (AvgIpc) is 3.45. The van der Waals surface area contributed by atoms with Crippen LogP contribution in [0.5, 0.6) is 5.75 Å². The minimum atomic E-state index is -0.370. The Bertz CT molecular complexity index is 1580. The van der Waals surface area contributed by atoms with Crippen molar-refractivity contribution >= 4 is 23.5 Å². The van der Waals surface area contributed by atoms with Gasteiger partial charge in [0.2, 0.25) is 0 Å². The zero-order chi connectivity index (χ0) is 29.3. The standard InChI is InChI=1S/C34H42BN3O4/c1-5-33(6-2)34(7-3,8-4)42-35(41-33)27-11-9-25(10-12-27)24-40-30-16-19-38(32(39)23-30)28-13-14-31-26(21-28)22-29-15-17-36-18-20-37(29)31/h9-14,16,19,21-23,36H,5-8,15,17-18,20,24H2,1-4H3. The van der Waals surface area contributed by atoms with Gasteiger partial charge in [-0.25, -0.2) is 0 Å². The van der Waals surface area contributed by atoms with E-state index in [0.29, 0.717) is 12.4 Å². The van der Waals surface area contributed by atoms with Gasteiger partial charge in [-0.15, -0.1) is 0 Å². The first-order valence-corrected chi connectivity index (χ1v) is 15.6. The van der Waals surface area contributed by atoms with Crippen LogP contribution in [0.4, 0.5) is 0 Å². The molecule has 0 saturated carbocycles. The molecule has 42 heavy (non-hydrogen) atoms. The minimum Gasteiger partial charge on any atom is -0.489 e. The Kier molecular flexibility index (Phi) is 8.05. The van der Waals surface area contributed by atoms with Crippen LogP contribution in [0.1, 0.15) is 64.6 Å². The molecular weight excluding hydrogens is 525 g/mol. The maximum atomic E-state index is 13.1. The zero-order valence-electron chi connectivity index (χ0n) is 25.3. The van der Waals surface area contributed by atoms with Crippen LogP contribution in [0.3, 0.4) is 0 Å². The van der Waals surface area contributed by atoms with Gasteiger partial charge in [0.1, 0.15) is 12.4 Å². The van der Waals surface area contributed by atoms with Crippen molar-refractivity contribution in [3.63, 3.8) is 0 Å². The highest BCUT2D eigenvalue weighted by Gasteiger charge is 2.58. The summed E-state index contributed by atoms with van der Waals surface area (Å²) in [6.07, 6.45) is 6.50. The lowest BCUT2D eigenvalue weighted by atomic mass is 9.75. The highest BCUT2D eigenvalue weighted by Crippen LogP contribution is 2.46. The smallest absolute Gasteiger partial charge is 0.489 e. The number of hydrogen-bond acceptors (Lipinski definition) is 5. The van der Waals surface area contributed by atoms with E-state index in [1.165, 1.54) is 16.6 Å². The monoisotopic (exact) mass is 567 g/mol. The summed E-state index contributed by atoms with van der Waals surface area (Å²) in [7, 11) is -0.370. The summed E-state index contributed by atoms with van der Waals surface area (Å²) in [5.74, 6) is 0.554. The summed E-state index contributed by atoms with van der Waals surface area (Å²) >= 11 is 0. The molecule has 0 unspecified atom stereocenters. The molecule has 0 aliphatic carbocycles. The highest BCUT2D eigenvalue weighted by molar-refractivity contribution is 6.62. The molecule has 4 heterocycles. The summed E-state index contributed by atoms with van der Waals surface area (Å²) in [5.41, 5.74) is 4.79. The zero-order valence-corrected chi connectivity index (χ0v) is 25.3. The summed E-state index contributed by atoms with van der Waals surface area (Å²) in [6, 6.07) is 20.1. The third kappa shape index (κ3) is 4.99. The molecule has 0 amide bonds. The Balaban J connectivity index is 1.13. The van der Waals surface area contributed by atoms with E-state index in [1.807, 2.05) is 24.3 Å². The molecule has 220 valence electrons. The second kappa shape index (κ2) is 11.7. The largest absolute Gasteiger partial charge is 0.494 e. The predicted molar refractivity (Wildman–Crippen MR) is 169 cm³/mol. The number of rotatable bonds is 9. The third-order valence-electron chi connectivity index (χ3n) is 9.65. The number of benzene rings is 2. The number of hydrogen-bond donors (Lipinski definition) is 1. The highest BCUT2D eigenvalue weighted by atomic mass is 16.7. The number of aromatic nitrogens is 2. The molecule has 0 spiro atoms. The molecule has 2 aromatic heterocycles. The summed E-state index contributed by atoms with van der Waals surface area (Å²) in [5, 5.41) is 4.62. The fourth-order valence-electron chi connectivity index (χ4n) is 7.08. The van der Waals surface area contributed by atoms with E-state index in [9.17, 15) is 4.79 Å². The van der Waals surface area contributed by atoms with Gasteiger partial charge in [0.15, 0.2) is 0 Å². The topological polar surface area (TPSA) is 66.7 Å². The van der Waals surface area contributed by atoms with Crippen LogP contribution in [0.2, 0.25) is 0 Å². The summed E-state index contributed by atoms with van der Waals surface area (Å²) < 4.78 is 23.3. The van der Waals surface area contributed by atoms with Gasteiger partial charge in [-0.05, 0) is 67.0 Å². The van der Waals surface area contributed by atoms with E-state index >= 15 is 0 Å². The van der Waals surface area contributed by atoms with Gasteiger partial charge >= 0.3 is 7.12 Å². The van der Waals surface area contributed by atoms with Crippen molar-refractivity contribution in [3.05, 3.63) is 88.5 Å². The molecule has 8 heteroatoms. The van der Waals surface area contributed by atoms with Crippen LogP contribution in [-0.2, 0) is 28.9 Å². The molecule has 4 aromatic rings. The van der Waals surface area contributed by atoms with E-state index in [-0.39, 0.29) is 23.9 Å². The van der Waals surface area contributed by atoms with Crippen LogP contribution < -0.4 is 21.1 Å². The molecule has 0 radical (unpaired) electrons. The van der Waals surface area contributed by atoms with E-state index < -0.39 is 0 Å². The molecule has 0 bridgehead atoms. The van der Waals surface area contributed by atoms with Crippen molar-refractivity contribution < 1.29 is 14.0 Å². The van der Waals surface area contributed by atoms with Gasteiger partial charge in [-0.3, -0.25) is 9.36 Å². The molecule has 1 N–H and O–H groups in total. The number of nitrogens with one attached hydrogen (secondary N) is 1. The van der Waals surface area contributed by atoms with Crippen molar-refractivity contribution in [2.24, 2.45) is 0 Å². The van der Waals surface area contributed by atoms with Crippen molar-refractivity contribution in [2.75, 3.05) is 13.1 Å². The Morgan fingerprint density at radius 3 is 2.26 bits per heavy atom. The Labute approximate surface area is 248 Å². The minimum absolute atomic E-state index is 0.117. The molecule has 1 saturated heterocycles. The lowest BCUT2D eigenvalue weighted by Crippen LogP contribution is -2.50. The molecular formula is C34H42BN3O4. The van der Waals surface area contributed by atoms with E-state index in [2.05, 4.69) is 67.9 Å². The summed E-state index contributed by atoms with van der Waals surface area (Å²) in [6.45, 7) is 12.1. The maximum Gasteiger partial charge on any atom is 0.494 e. The van der Waals surface area contributed by atoms with Gasteiger partial charge in [0.25, 0.3) is 5.56 Å². The second-order valence-electron chi connectivity index (χ2n) is 11.6. The lowest BCUT2D eigenvalue weighted by Gasteiger charge is -2.42. The van der Waals surface area contributed by atoms with Crippen molar-refractivity contribution in [1.82, 2.24) is 14.5 Å². The first-order chi connectivity index (χ1) is 20.4. The Morgan fingerprint density at radius 2 is 1.60 bits per heavy atom. The van der Waals surface area contributed by atoms with Crippen LogP contribution in [0, 0.1) is 0 Å². The molecule has 1 fully saturated rings. The normalized spacial score (nSPS) is 17.8. The SMILES string of the molecule is CCC1(CC)OB(c2ccc(COc3ccn(-c4ccc5c(c4)cc4n5CCNCC4)c(=O)c3)cc2)OC1(CC)CC. The van der Waals surface area contributed by atoms with Gasteiger partial charge in [-0.2, -0.15) is 0 Å². The van der Waals surface area contributed by atoms with Crippen molar-refractivity contribution in [3.8, 4) is 11.4 Å². The Morgan fingerprint density at radius 1 is 0.881 bits per heavy atom. The quantitative estimate of drug-likeness (QED) is 0.276. The molecule has 2 aromatic carbocycles. The molecule has 2 aliphatic rings. The predicted octanol–water partition coefficient (Wildman–Crippen LogP) is 5.38. The molecule has 6 rings (SSSR count). The van der Waals surface area contributed by atoms with Crippen molar-refractivity contribution in [2.45, 2.75) is 84.2 Å². The van der Waals surface area contributed by atoms with Gasteiger partial charge in [-0.1, -0.05) is 52.0 Å². The number of nitrogens with zero attached hydrogens (tertiary/aromatic N) is 2. The van der Waals surface area contributed by atoms with Crippen LogP contribution in [0.15, 0.2) is 71.7 Å². The van der Waals surface area contributed by atoms with Gasteiger partial charge < -0.3 is 23.9 Å². The van der Waals surface area contributed by atoms with E-state index in [4.69, 9.17) is 14.0 Å². The first kappa shape index (κ1) is 28.8. The third-order valence-corrected chi connectivity index (χ3v) is 9.65. The van der Waals surface area contributed by atoms with Gasteiger partial charge in [0.05, 0.1) is 11.2 Å². The van der Waals surface area contributed by atoms with Crippen molar-refractivity contribution in [1.29, 1.82) is 0 Å². The fraction of sp³-hybridized carbons (Fsp3) is 0.441. The number of fused-ring (bicyclic) bond motifs is 3. The van der Waals surface area contributed by atoms with Gasteiger partial charge in [0, 0.05) is 60.6 Å². The fourth-order valence-corrected chi connectivity index (χ4v) is 7.08. The molecule has 0 atom stereocenters. The van der Waals surface area contributed by atoms with Crippen LogP contribution in [0.25, 0.3) is 16.6 Å². The number of ether oxygens (including phenoxy) is 1. The number of pyridine rings is 1. The Hall–Kier alpha value is -3.33. The van der Waals surface area contributed by atoms with E-state index in [1.54, 1.807) is 16.8 Å². The lowest BCUT2D eigenvalue weighted by molar-refractivity contribution is -0.0601. The molecule has 2 aliphatic heterocycles. The molecule has 7 nitrogen and oxygen atoms in total.